The first-order valence-corrected chi connectivity index (χ1v) is 9.96. The van der Waals surface area contributed by atoms with Gasteiger partial charge in [0.05, 0.1) is 0 Å². The highest BCUT2D eigenvalue weighted by Crippen LogP contribution is 2.20. The molecule has 0 bridgehead atoms. The summed E-state index contributed by atoms with van der Waals surface area (Å²) in [5, 5.41) is 7.10. The number of carbonyl (C=O) groups excluding carboxylic acids is 2. The lowest BCUT2D eigenvalue weighted by atomic mass is 9.96. The van der Waals surface area contributed by atoms with E-state index in [9.17, 15) is 9.59 Å². The third-order valence-electron chi connectivity index (χ3n) is 4.83. The fourth-order valence-electron chi connectivity index (χ4n) is 3.30. The number of nitrogens with two attached hydrogens (primary N) is 1. The zero-order chi connectivity index (χ0) is 18.4. The Morgan fingerprint density at radius 2 is 2.00 bits per heavy atom. The fourth-order valence-corrected chi connectivity index (χ4v) is 4.00. The highest BCUT2D eigenvalue weighted by Gasteiger charge is 2.22. The maximum Gasteiger partial charge on any atom is 0.224 e. The van der Waals surface area contributed by atoms with E-state index in [0.717, 1.165) is 50.1 Å². The Bertz CT molecular complexity index is 737. The van der Waals surface area contributed by atoms with E-state index < -0.39 is 0 Å². The minimum Gasteiger partial charge on any atom is -0.369 e. The lowest BCUT2D eigenvalue weighted by molar-refractivity contribution is -0.123. The van der Waals surface area contributed by atoms with Gasteiger partial charge in [0.15, 0.2) is 0 Å². The Labute approximate surface area is 158 Å². The number of amides is 2. The average molecular weight is 372 g/mol. The molecule has 0 spiro atoms. The van der Waals surface area contributed by atoms with Crippen LogP contribution in [-0.4, -0.2) is 29.8 Å². The number of nitrogens with zero attached hydrogens (tertiary/aromatic N) is 1. The summed E-state index contributed by atoms with van der Waals surface area (Å²) in [5.41, 5.74) is 8.60. The molecule has 1 fully saturated rings. The number of rotatable bonds is 7. The molecule has 0 radical (unpaired) electrons. The van der Waals surface area contributed by atoms with Gasteiger partial charge in [-0.25, -0.2) is 0 Å². The third kappa shape index (κ3) is 5.41. The largest absolute Gasteiger partial charge is 0.369 e. The summed E-state index contributed by atoms with van der Waals surface area (Å²) < 4.78 is 0. The molecule has 5 nitrogen and oxygen atoms in total. The minimum absolute atomic E-state index is 0.0140. The lowest BCUT2D eigenvalue weighted by Gasteiger charge is -2.30. The Morgan fingerprint density at radius 1 is 1.19 bits per heavy atom. The number of hydrogen-bond donors (Lipinski definition) is 2. The number of likely N-dealkylation sites (tertiary alicyclic amines) is 1. The third-order valence-corrected chi connectivity index (χ3v) is 5.56. The average Bonchev–Trinajstić information content (AvgIpc) is 3.14. The van der Waals surface area contributed by atoms with Crippen LogP contribution in [0.15, 0.2) is 41.1 Å². The molecule has 0 unspecified atom stereocenters. The number of carbonyl (C=O) groups is 2. The van der Waals surface area contributed by atoms with Crippen LogP contribution in [0, 0.1) is 5.92 Å². The smallest absolute Gasteiger partial charge is 0.224 e. The SMILES string of the molecule is NC(=O)C1CCN(Cc2cccc(NC(=O)CCc3ccsc3)c2)CC1. The van der Waals surface area contributed by atoms with Crippen molar-refractivity contribution in [3.8, 4) is 0 Å². The molecule has 3 rings (SSSR count). The lowest BCUT2D eigenvalue weighted by Crippen LogP contribution is -2.38. The Balaban J connectivity index is 1.48. The number of benzene rings is 1. The van der Waals surface area contributed by atoms with Crippen LogP contribution in [0.2, 0.25) is 0 Å². The number of nitrogens with one attached hydrogen (secondary N) is 1. The van der Waals surface area contributed by atoms with E-state index in [-0.39, 0.29) is 17.7 Å². The summed E-state index contributed by atoms with van der Waals surface area (Å²) in [7, 11) is 0. The highest BCUT2D eigenvalue weighted by molar-refractivity contribution is 7.07. The van der Waals surface area contributed by atoms with Crippen molar-refractivity contribution in [2.24, 2.45) is 11.7 Å². The first kappa shape index (κ1) is 18.6. The molecule has 1 aromatic heterocycles. The minimum atomic E-state index is -0.184. The van der Waals surface area contributed by atoms with E-state index in [1.807, 2.05) is 23.6 Å². The number of primary amides is 1. The standard InChI is InChI=1S/C20H25N3O2S/c21-20(25)17-6-9-23(10-7-17)13-16-2-1-3-18(12-16)22-19(24)5-4-15-8-11-26-14-15/h1-3,8,11-12,14,17H,4-7,9-10,13H2,(H2,21,25)(H,22,24). The van der Waals surface area contributed by atoms with Crippen LogP contribution in [0.3, 0.4) is 0 Å². The van der Waals surface area contributed by atoms with E-state index in [1.165, 1.54) is 5.56 Å². The van der Waals surface area contributed by atoms with Gasteiger partial charge in [-0.2, -0.15) is 11.3 Å². The van der Waals surface area contributed by atoms with Crippen LogP contribution >= 0.6 is 11.3 Å². The van der Waals surface area contributed by atoms with E-state index in [0.29, 0.717) is 6.42 Å². The van der Waals surface area contributed by atoms with Gasteiger partial charge in [0.2, 0.25) is 11.8 Å². The molecule has 138 valence electrons. The van der Waals surface area contributed by atoms with Crippen LogP contribution in [0.1, 0.15) is 30.4 Å². The van der Waals surface area contributed by atoms with Gasteiger partial charge in [-0.3, -0.25) is 14.5 Å². The van der Waals surface area contributed by atoms with Crippen molar-refractivity contribution in [3.05, 3.63) is 52.2 Å². The molecule has 0 atom stereocenters. The number of anilines is 1. The van der Waals surface area contributed by atoms with Crippen molar-refractivity contribution >= 4 is 28.8 Å². The van der Waals surface area contributed by atoms with Crippen LogP contribution in [-0.2, 0) is 22.6 Å². The molecular formula is C20H25N3O2S. The fraction of sp³-hybridized carbons (Fsp3) is 0.400. The van der Waals surface area contributed by atoms with E-state index >= 15 is 0 Å². The first-order valence-electron chi connectivity index (χ1n) is 9.01. The van der Waals surface area contributed by atoms with Gasteiger partial charge in [0, 0.05) is 24.6 Å². The Morgan fingerprint density at radius 3 is 2.69 bits per heavy atom. The van der Waals surface area contributed by atoms with Gasteiger partial charge in [-0.05, 0) is 72.4 Å². The summed E-state index contributed by atoms with van der Waals surface area (Å²) in [6.07, 6.45) is 2.91. The van der Waals surface area contributed by atoms with Crippen molar-refractivity contribution in [3.63, 3.8) is 0 Å². The maximum absolute atomic E-state index is 12.1. The van der Waals surface area contributed by atoms with Crippen LogP contribution < -0.4 is 11.1 Å². The van der Waals surface area contributed by atoms with E-state index in [4.69, 9.17) is 5.73 Å². The number of thiophene rings is 1. The second-order valence-electron chi connectivity index (χ2n) is 6.83. The normalized spacial score (nSPS) is 15.7. The molecule has 0 saturated carbocycles. The zero-order valence-electron chi connectivity index (χ0n) is 14.8. The van der Waals surface area contributed by atoms with Crippen molar-refractivity contribution in [2.45, 2.75) is 32.2 Å². The van der Waals surface area contributed by atoms with Gasteiger partial charge >= 0.3 is 0 Å². The van der Waals surface area contributed by atoms with Crippen LogP contribution in [0.4, 0.5) is 5.69 Å². The van der Waals surface area contributed by atoms with Crippen molar-refractivity contribution in [1.82, 2.24) is 4.90 Å². The van der Waals surface area contributed by atoms with E-state index in [2.05, 4.69) is 27.7 Å². The van der Waals surface area contributed by atoms with Gasteiger partial charge < -0.3 is 11.1 Å². The first-order chi connectivity index (χ1) is 12.6. The van der Waals surface area contributed by atoms with Crippen molar-refractivity contribution in [1.29, 1.82) is 0 Å². The molecule has 3 N–H and O–H groups in total. The molecule has 0 aliphatic carbocycles. The Hall–Kier alpha value is -2.18. The summed E-state index contributed by atoms with van der Waals surface area (Å²) in [4.78, 5) is 25.7. The molecule has 2 aromatic rings. The quantitative estimate of drug-likeness (QED) is 0.785. The topological polar surface area (TPSA) is 75.4 Å². The van der Waals surface area contributed by atoms with Crippen LogP contribution in [0.25, 0.3) is 0 Å². The van der Waals surface area contributed by atoms with Crippen LogP contribution in [0.5, 0.6) is 0 Å². The monoisotopic (exact) mass is 371 g/mol. The summed E-state index contributed by atoms with van der Waals surface area (Å²) in [5.74, 6) is -0.132. The van der Waals surface area contributed by atoms with Gasteiger partial charge in [-0.1, -0.05) is 12.1 Å². The van der Waals surface area contributed by atoms with E-state index in [1.54, 1.807) is 11.3 Å². The second-order valence-corrected chi connectivity index (χ2v) is 7.61. The summed E-state index contributed by atoms with van der Waals surface area (Å²) in [6, 6.07) is 10.1. The molecule has 1 saturated heterocycles. The van der Waals surface area contributed by atoms with Crippen molar-refractivity contribution in [2.75, 3.05) is 18.4 Å². The zero-order valence-corrected chi connectivity index (χ0v) is 15.6. The molecule has 1 aromatic carbocycles. The molecular weight excluding hydrogens is 346 g/mol. The molecule has 1 aliphatic rings. The molecule has 6 heteroatoms. The molecule has 26 heavy (non-hydrogen) atoms. The molecule has 2 amide bonds. The second kappa shape index (κ2) is 8.96. The maximum atomic E-state index is 12.1. The predicted molar refractivity (Wildman–Crippen MR) is 105 cm³/mol. The molecule has 2 heterocycles. The highest BCUT2D eigenvalue weighted by atomic mass is 32.1. The molecule has 1 aliphatic heterocycles. The summed E-state index contributed by atoms with van der Waals surface area (Å²) in [6.45, 7) is 2.58. The van der Waals surface area contributed by atoms with Gasteiger partial charge in [-0.15, -0.1) is 0 Å². The number of aryl methyl sites for hydroxylation is 1. The number of hydrogen-bond acceptors (Lipinski definition) is 4. The number of piperidine rings is 1. The van der Waals surface area contributed by atoms with Gasteiger partial charge in [0.1, 0.15) is 0 Å². The predicted octanol–water partition coefficient (Wildman–Crippen LogP) is 3.02. The Kier molecular flexibility index (Phi) is 6.41. The summed E-state index contributed by atoms with van der Waals surface area (Å²) >= 11 is 1.65. The van der Waals surface area contributed by atoms with Gasteiger partial charge in [0.25, 0.3) is 0 Å². The van der Waals surface area contributed by atoms with Crippen molar-refractivity contribution < 1.29 is 9.59 Å².